The van der Waals surface area contributed by atoms with Crippen molar-refractivity contribution in [1.29, 1.82) is 0 Å². The Morgan fingerprint density at radius 1 is 1.13 bits per heavy atom. The van der Waals surface area contributed by atoms with E-state index in [2.05, 4.69) is 5.32 Å². The van der Waals surface area contributed by atoms with E-state index in [1.807, 2.05) is 0 Å². The quantitative estimate of drug-likeness (QED) is 0.793. The maximum Gasteiger partial charge on any atom is 0.416 e. The molecule has 1 heterocycles. The van der Waals surface area contributed by atoms with Crippen LogP contribution in [0.4, 0.5) is 23.7 Å². The third-order valence-corrected chi connectivity index (χ3v) is 5.02. The zero-order valence-corrected chi connectivity index (χ0v) is 12.9. The molecule has 3 rings (SSSR count). The number of benzene rings is 1. The predicted octanol–water partition coefficient (Wildman–Crippen LogP) is 4.75. The second-order valence-electron chi connectivity index (χ2n) is 6.55. The molecular weight excluding hydrogens is 305 g/mol. The normalized spacial score (nSPS) is 24.9. The van der Waals surface area contributed by atoms with Crippen molar-refractivity contribution in [1.82, 2.24) is 4.90 Å². The van der Waals surface area contributed by atoms with Crippen LogP contribution in [0.2, 0.25) is 0 Å². The molecule has 3 nitrogen and oxygen atoms in total. The van der Waals surface area contributed by atoms with E-state index >= 15 is 0 Å². The summed E-state index contributed by atoms with van der Waals surface area (Å²) in [6.45, 7) is 1.40. The minimum Gasteiger partial charge on any atom is -0.324 e. The highest BCUT2D eigenvalue weighted by atomic mass is 19.4. The first kappa shape index (κ1) is 16.1. The lowest BCUT2D eigenvalue weighted by Crippen LogP contribution is -2.46. The van der Waals surface area contributed by atoms with Crippen LogP contribution in [0.5, 0.6) is 0 Å². The lowest BCUT2D eigenvalue weighted by atomic mass is 9.75. The minimum atomic E-state index is -4.40. The number of hydrogen-bond donors (Lipinski definition) is 1. The van der Waals surface area contributed by atoms with Crippen LogP contribution in [0.3, 0.4) is 0 Å². The summed E-state index contributed by atoms with van der Waals surface area (Å²) < 4.78 is 38.2. The van der Waals surface area contributed by atoms with E-state index in [-0.39, 0.29) is 11.7 Å². The van der Waals surface area contributed by atoms with Gasteiger partial charge in [0.1, 0.15) is 0 Å². The average Bonchev–Trinajstić information content (AvgIpc) is 2.54. The molecule has 1 saturated carbocycles. The molecule has 2 atom stereocenters. The highest BCUT2D eigenvalue weighted by Crippen LogP contribution is 2.36. The SMILES string of the molecule is O=C(Nc1cccc(C(F)(F)F)c1)N1CCC2CCCCC2C1. The Bertz CT molecular complexity index is 573. The molecule has 1 aliphatic heterocycles. The molecule has 0 spiro atoms. The summed E-state index contributed by atoms with van der Waals surface area (Å²) in [6, 6.07) is 4.48. The predicted molar refractivity (Wildman–Crippen MR) is 82.1 cm³/mol. The minimum absolute atomic E-state index is 0.190. The van der Waals surface area contributed by atoms with Crippen LogP contribution in [0.15, 0.2) is 24.3 Å². The van der Waals surface area contributed by atoms with Gasteiger partial charge in [-0.05, 0) is 42.9 Å². The lowest BCUT2D eigenvalue weighted by Gasteiger charge is -2.41. The number of likely N-dealkylation sites (tertiary alicyclic amines) is 1. The van der Waals surface area contributed by atoms with Crippen molar-refractivity contribution in [3.8, 4) is 0 Å². The van der Waals surface area contributed by atoms with Crippen molar-refractivity contribution < 1.29 is 18.0 Å². The first-order valence-corrected chi connectivity index (χ1v) is 8.16. The molecule has 1 N–H and O–H groups in total. The van der Waals surface area contributed by atoms with Crippen molar-refractivity contribution in [2.24, 2.45) is 11.8 Å². The maximum absolute atomic E-state index is 12.7. The molecule has 1 aliphatic carbocycles. The fourth-order valence-electron chi connectivity index (χ4n) is 3.76. The maximum atomic E-state index is 12.7. The van der Waals surface area contributed by atoms with Gasteiger partial charge in [0.05, 0.1) is 5.56 Å². The molecule has 0 bridgehead atoms. The van der Waals surface area contributed by atoms with Gasteiger partial charge in [-0.15, -0.1) is 0 Å². The summed E-state index contributed by atoms with van der Waals surface area (Å²) in [5, 5.41) is 2.61. The number of anilines is 1. The Labute approximate surface area is 133 Å². The Balaban J connectivity index is 1.63. The number of carbonyl (C=O) groups excluding carboxylic acids is 1. The number of halogens is 3. The zero-order chi connectivity index (χ0) is 16.4. The van der Waals surface area contributed by atoms with E-state index in [0.717, 1.165) is 31.5 Å². The molecule has 6 heteroatoms. The first-order valence-electron chi connectivity index (χ1n) is 8.16. The van der Waals surface area contributed by atoms with Gasteiger partial charge >= 0.3 is 12.2 Å². The molecule has 0 radical (unpaired) electrons. The molecule has 126 valence electrons. The van der Waals surface area contributed by atoms with Gasteiger partial charge in [-0.3, -0.25) is 0 Å². The summed E-state index contributed by atoms with van der Waals surface area (Å²) in [5.41, 5.74) is -0.558. The smallest absolute Gasteiger partial charge is 0.324 e. The van der Waals surface area contributed by atoms with Gasteiger partial charge in [0, 0.05) is 18.8 Å². The summed E-state index contributed by atoms with van der Waals surface area (Å²) in [5.74, 6) is 1.26. The lowest BCUT2D eigenvalue weighted by molar-refractivity contribution is -0.137. The number of fused-ring (bicyclic) bond motifs is 1. The second-order valence-corrected chi connectivity index (χ2v) is 6.55. The van der Waals surface area contributed by atoms with Crippen LogP contribution in [-0.2, 0) is 6.18 Å². The van der Waals surface area contributed by atoms with Gasteiger partial charge < -0.3 is 10.2 Å². The van der Waals surface area contributed by atoms with E-state index in [1.54, 1.807) is 4.90 Å². The Morgan fingerprint density at radius 2 is 1.87 bits per heavy atom. The topological polar surface area (TPSA) is 32.3 Å². The van der Waals surface area contributed by atoms with E-state index in [9.17, 15) is 18.0 Å². The molecule has 2 amide bonds. The molecular formula is C17H21F3N2O. The van der Waals surface area contributed by atoms with Gasteiger partial charge in [-0.25, -0.2) is 4.79 Å². The molecule has 0 aromatic heterocycles. The van der Waals surface area contributed by atoms with Crippen LogP contribution in [0.1, 0.15) is 37.7 Å². The van der Waals surface area contributed by atoms with Gasteiger partial charge in [0.25, 0.3) is 0 Å². The standard InChI is InChI=1S/C17H21F3N2O/c18-17(19,20)14-6-3-7-15(10-14)21-16(23)22-9-8-12-4-1-2-5-13(12)11-22/h3,6-7,10,12-13H,1-2,4-5,8-9,11H2,(H,21,23). The van der Waals surface area contributed by atoms with Crippen molar-refractivity contribution in [2.45, 2.75) is 38.3 Å². The molecule has 1 aromatic carbocycles. The number of hydrogen-bond acceptors (Lipinski definition) is 1. The number of piperidine rings is 1. The van der Waals surface area contributed by atoms with Gasteiger partial charge in [0.2, 0.25) is 0 Å². The second kappa shape index (κ2) is 6.42. The molecule has 2 fully saturated rings. The van der Waals surface area contributed by atoms with Crippen LogP contribution in [0.25, 0.3) is 0 Å². The van der Waals surface area contributed by atoms with E-state index in [1.165, 1.54) is 31.4 Å². The molecule has 1 aromatic rings. The molecule has 1 saturated heterocycles. The Morgan fingerprint density at radius 3 is 2.61 bits per heavy atom. The number of carbonyl (C=O) groups is 1. The van der Waals surface area contributed by atoms with Gasteiger partial charge in [-0.2, -0.15) is 13.2 Å². The Kier molecular flexibility index (Phi) is 4.50. The summed E-state index contributed by atoms with van der Waals surface area (Å²) >= 11 is 0. The number of nitrogens with one attached hydrogen (secondary N) is 1. The number of rotatable bonds is 1. The summed E-state index contributed by atoms with van der Waals surface area (Å²) in [4.78, 5) is 14.1. The third-order valence-electron chi connectivity index (χ3n) is 5.02. The largest absolute Gasteiger partial charge is 0.416 e. The Hall–Kier alpha value is -1.72. The number of nitrogens with zero attached hydrogens (tertiary/aromatic N) is 1. The fraction of sp³-hybridized carbons (Fsp3) is 0.588. The summed E-state index contributed by atoms with van der Waals surface area (Å²) in [6.07, 6.45) is 1.48. The first-order chi connectivity index (χ1) is 10.9. The number of alkyl halides is 3. The highest BCUT2D eigenvalue weighted by Gasteiger charge is 2.33. The molecule has 2 unspecified atom stereocenters. The van der Waals surface area contributed by atoms with Gasteiger partial charge in [-0.1, -0.05) is 25.3 Å². The van der Waals surface area contributed by atoms with E-state index in [4.69, 9.17) is 0 Å². The van der Waals surface area contributed by atoms with Gasteiger partial charge in [0.15, 0.2) is 0 Å². The van der Waals surface area contributed by atoms with Crippen LogP contribution >= 0.6 is 0 Å². The van der Waals surface area contributed by atoms with Crippen molar-refractivity contribution >= 4 is 11.7 Å². The third kappa shape index (κ3) is 3.79. The van der Waals surface area contributed by atoms with Crippen molar-refractivity contribution in [3.63, 3.8) is 0 Å². The molecule has 23 heavy (non-hydrogen) atoms. The number of amides is 2. The summed E-state index contributed by atoms with van der Waals surface area (Å²) in [7, 11) is 0. The van der Waals surface area contributed by atoms with E-state index < -0.39 is 11.7 Å². The zero-order valence-electron chi connectivity index (χ0n) is 12.9. The van der Waals surface area contributed by atoms with Crippen LogP contribution in [-0.4, -0.2) is 24.0 Å². The van der Waals surface area contributed by atoms with Crippen LogP contribution in [0, 0.1) is 11.8 Å². The molecule has 2 aliphatic rings. The number of urea groups is 1. The fourth-order valence-corrected chi connectivity index (χ4v) is 3.76. The highest BCUT2D eigenvalue weighted by molar-refractivity contribution is 5.89. The van der Waals surface area contributed by atoms with Crippen molar-refractivity contribution in [3.05, 3.63) is 29.8 Å². The van der Waals surface area contributed by atoms with Crippen LogP contribution < -0.4 is 5.32 Å². The average molecular weight is 326 g/mol. The monoisotopic (exact) mass is 326 g/mol. The van der Waals surface area contributed by atoms with E-state index in [0.29, 0.717) is 18.4 Å². The van der Waals surface area contributed by atoms with Crippen molar-refractivity contribution in [2.75, 3.05) is 18.4 Å².